The molecule has 1 aliphatic heterocycles. The van der Waals surface area contributed by atoms with Gasteiger partial charge in [-0.05, 0) is 0 Å². The Morgan fingerprint density at radius 3 is 2.65 bits per heavy atom. The van der Waals surface area contributed by atoms with Crippen LogP contribution in [0.25, 0.3) is 0 Å². The molecule has 0 saturated carbocycles. The Morgan fingerprint density at radius 2 is 2.10 bits per heavy atom. The standard InChI is InChI=1S/C11H11N2O4.C2H6.W/c14-9(7-4-2-1-3-5-7)12-8-6-17-11(16)13-10(8)15;1-2;/h2,5,8H,1,3,6H2,(H,12,14)(H,13,15,16);1-2H3;/q-1;;. The van der Waals surface area contributed by atoms with Gasteiger partial charge >= 0.3 is 6.09 Å². The number of allylic oxidation sites excluding steroid dienone is 2. The van der Waals surface area contributed by atoms with Gasteiger partial charge in [0.1, 0.15) is 18.6 Å². The average molecular weight is 449 g/mol. The Hall–Kier alpha value is -1.42. The summed E-state index contributed by atoms with van der Waals surface area (Å²) in [6.07, 6.45) is 7.19. The van der Waals surface area contributed by atoms with Gasteiger partial charge in [-0.3, -0.25) is 10.1 Å². The molecule has 0 spiro atoms. The summed E-state index contributed by atoms with van der Waals surface area (Å²) in [4.78, 5) is 33.8. The van der Waals surface area contributed by atoms with Crippen molar-refractivity contribution in [3.63, 3.8) is 0 Å². The monoisotopic (exact) mass is 449 g/mol. The van der Waals surface area contributed by atoms with Gasteiger partial charge in [0.2, 0.25) is 0 Å². The molecule has 2 rings (SSSR count). The van der Waals surface area contributed by atoms with Gasteiger partial charge in [0.15, 0.2) is 0 Å². The molecule has 2 aliphatic rings. The zero-order valence-corrected chi connectivity index (χ0v) is 14.3. The van der Waals surface area contributed by atoms with Crippen molar-refractivity contribution in [1.29, 1.82) is 0 Å². The van der Waals surface area contributed by atoms with Crippen molar-refractivity contribution in [2.75, 3.05) is 6.61 Å². The number of carbonyl (C=O) groups excluding carboxylic acids is 3. The van der Waals surface area contributed by atoms with Crippen LogP contribution in [0.4, 0.5) is 4.79 Å². The molecule has 20 heavy (non-hydrogen) atoms. The molecule has 2 N–H and O–H groups in total. The smallest absolute Gasteiger partial charge is 0.413 e. The molecule has 0 radical (unpaired) electrons. The molecule has 1 atom stereocenters. The Labute approximate surface area is 132 Å². The van der Waals surface area contributed by atoms with Gasteiger partial charge in [-0.15, -0.1) is 11.6 Å². The Balaban J connectivity index is 0.00000115. The fraction of sp³-hybridized carbons (Fsp3) is 0.462. The van der Waals surface area contributed by atoms with Crippen molar-refractivity contribution in [3.8, 4) is 0 Å². The van der Waals surface area contributed by atoms with E-state index in [-0.39, 0.29) is 33.6 Å². The maximum Gasteiger partial charge on any atom is 0.413 e. The van der Waals surface area contributed by atoms with Crippen LogP contribution in [0.1, 0.15) is 26.7 Å². The number of hydrogen-bond donors (Lipinski definition) is 2. The van der Waals surface area contributed by atoms with Gasteiger partial charge < -0.3 is 14.8 Å². The van der Waals surface area contributed by atoms with Crippen molar-refractivity contribution in [2.24, 2.45) is 0 Å². The van der Waals surface area contributed by atoms with Gasteiger partial charge in [0.25, 0.3) is 5.91 Å². The van der Waals surface area contributed by atoms with Crippen molar-refractivity contribution in [1.82, 2.24) is 10.6 Å². The van der Waals surface area contributed by atoms with Gasteiger partial charge in [0, 0.05) is 21.1 Å². The summed E-state index contributed by atoms with van der Waals surface area (Å²) in [5.74, 6) is -0.950. The molecule has 1 aliphatic carbocycles. The maximum atomic E-state index is 11.7. The van der Waals surface area contributed by atoms with E-state index in [1.165, 1.54) is 0 Å². The summed E-state index contributed by atoms with van der Waals surface area (Å²) < 4.78 is 4.62. The molecule has 1 unspecified atom stereocenters. The number of cyclic esters (lactones) is 1. The van der Waals surface area contributed by atoms with Crippen LogP contribution >= 0.6 is 0 Å². The summed E-state index contributed by atoms with van der Waals surface area (Å²) in [6.45, 7) is 3.85. The van der Waals surface area contributed by atoms with E-state index in [9.17, 15) is 14.4 Å². The summed E-state index contributed by atoms with van der Waals surface area (Å²) >= 11 is 0. The molecule has 0 aromatic heterocycles. The van der Waals surface area contributed by atoms with Crippen molar-refractivity contribution in [2.45, 2.75) is 32.7 Å². The average Bonchev–Trinajstić information content (AvgIpc) is 2.45. The van der Waals surface area contributed by atoms with Gasteiger partial charge in [-0.2, -0.15) is 12.2 Å². The minimum absolute atomic E-state index is 0. The number of nitrogens with one attached hydrogen (secondary N) is 2. The summed E-state index contributed by atoms with van der Waals surface area (Å²) in [5, 5.41) is 4.46. The molecule has 1 saturated heterocycles. The van der Waals surface area contributed by atoms with Crippen LogP contribution < -0.4 is 10.6 Å². The van der Waals surface area contributed by atoms with E-state index in [4.69, 9.17) is 0 Å². The third-order valence-electron chi connectivity index (χ3n) is 2.39. The number of rotatable bonds is 2. The molecule has 0 aromatic carbocycles. The second-order valence-electron chi connectivity index (χ2n) is 3.66. The molecule has 110 valence electrons. The first kappa shape index (κ1) is 18.6. The normalized spacial score (nSPS) is 20.3. The van der Waals surface area contributed by atoms with Crippen LogP contribution in [0.5, 0.6) is 0 Å². The number of carbonyl (C=O) groups is 3. The second-order valence-corrected chi connectivity index (χ2v) is 3.66. The van der Waals surface area contributed by atoms with Crippen LogP contribution in [0.2, 0.25) is 0 Å². The van der Waals surface area contributed by atoms with Gasteiger partial charge in [-0.25, -0.2) is 4.79 Å². The van der Waals surface area contributed by atoms with E-state index in [1.807, 2.05) is 19.2 Å². The SMILES string of the molecule is CC.O=C1NC(=O)C(NC(=O)C2=CCCC=[C-]2)CO1.[W]. The van der Waals surface area contributed by atoms with Crippen LogP contribution in [0, 0.1) is 6.08 Å². The van der Waals surface area contributed by atoms with Crippen molar-refractivity contribution < 1.29 is 40.2 Å². The van der Waals surface area contributed by atoms with Crippen molar-refractivity contribution in [3.05, 3.63) is 23.8 Å². The van der Waals surface area contributed by atoms with E-state index >= 15 is 0 Å². The van der Waals surface area contributed by atoms with Crippen LogP contribution in [0.3, 0.4) is 0 Å². The molecule has 0 bridgehead atoms. The Bertz CT molecular complexity index is 432. The summed E-state index contributed by atoms with van der Waals surface area (Å²) in [5.41, 5.74) is 0.404. The number of alkyl carbamates (subject to hydrolysis) is 1. The number of amides is 3. The molecule has 3 amide bonds. The first-order valence-corrected chi connectivity index (χ1v) is 6.23. The summed E-state index contributed by atoms with van der Waals surface area (Å²) in [7, 11) is 0. The first-order valence-electron chi connectivity index (χ1n) is 6.23. The third-order valence-corrected chi connectivity index (χ3v) is 2.39. The molecular weight excluding hydrogens is 432 g/mol. The second kappa shape index (κ2) is 9.48. The largest absolute Gasteiger partial charge is 0.447 e. The predicted octanol–water partition coefficient (Wildman–Crippen LogP) is 0.841. The van der Waals surface area contributed by atoms with Crippen LogP contribution in [-0.4, -0.2) is 30.6 Å². The minimum Gasteiger partial charge on any atom is -0.447 e. The Kier molecular flexibility index (Phi) is 8.80. The maximum absolute atomic E-state index is 11.7. The third kappa shape index (κ3) is 5.29. The molecule has 7 heteroatoms. The fourth-order valence-corrected chi connectivity index (χ4v) is 1.51. The zero-order chi connectivity index (χ0) is 14.3. The summed E-state index contributed by atoms with van der Waals surface area (Å²) in [6, 6.07) is -0.843. The van der Waals surface area contributed by atoms with Crippen LogP contribution in [0.15, 0.2) is 17.7 Å². The zero-order valence-electron chi connectivity index (χ0n) is 11.4. The molecular formula is C13H17N2O4W-. The van der Waals surface area contributed by atoms with E-state index in [0.717, 1.165) is 12.8 Å². The van der Waals surface area contributed by atoms with Gasteiger partial charge in [0.05, 0.1) is 0 Å². The molecule has 6 nitrogen and oxygen atoms in total. The molecule has 1 fully saturated rings. The quantitative estimate of drug-likeness (QED) is 0.613. The first-order chi connectivity index (χ1) is 9.16. The van der Waals surface area contributed by atoms with E-state index in [0.29, 0.717) is 5.57 Å². The van der Waals surface area contributed by atoms with E-state index < -0.39 is 18.0 Å². The number of imide groups is 1. The van der Waals surface area contributed by atoms with Crippen molar-refractivity contribution >= 4 is 17.9 Å². The topological polar surface area (TPSA) is 84.5 Å². The van der Waals surface area contributed by atoms with Crippen LogP contribution in [-0.2, 0) is 35.4 Å². The number of hydrogen-bond acceptors (Lipinski definition) is 4. The van der Waals surface area contributed by atoms with E-state index in [2.05, 4.69) is 16.1 Å². The Morgan fingerprint density at radius 1 is 1.40 bits per heavy atom. The predicted molar refractivity (Wildman–Crippen MR) is 67.9 cm³/mol. The van der Waals surface area contributed by atoms with Gasteiger partial charge in [-0.1, -0.05) is 26.7 Å². The number of ether oxygens (including phenoxy) is 1. The fourth-order valence-electron chi connectivity index (χ4n) is 1.51. The molecule has 1 heterocycles. The molecule has 0 aromatic rings. The van der Waals surface area contributed by atoms with E-state index in [1.54, 1.807) is 12.2 Å². The minimum atomic E-state index is -0.843.